The van der Waals surface area contributed by atoms with E-state index >= 15 is 0 Å². The standard InChI is InChI=1S/C6H11N3O/c1-3-10-5-9-6(2)4-7-8-9/h4H,3,5H2,1-2H3. The first kappa shape index (κ1) is 7.21. The number of aromatic nitrogens is 3. The molecular formula is C6H11N3O. The fourth-order valence-corrected chi connectivity index (χ4v) is 0.614. The SMILES string of the molecule is CCOCn1nncc1C. The van der Waals surface area contributed by atoms with Crippen LogP contribution in [0.1, 0.15) is 12.6 Å². The largest absolute Gasteiger partial charge is 0.359 e. The minimum Gasteiger partial charge on any atom is -0.359 e. The molecule has 0 N–H and O–H groups in total. The van der Waals surface area contributed by atoms with Gasteiger partial charge in [0.15, 0.2) is 0 Å². The molecule has 4 nitrogen and oxygen atoms in total. The van der Waals surface area contributed by atoms with Gasteiger partial charge in [0.2, 0.25) is 0 Å². The summed E-state index contributed by atoms with van der Waals surface area (Å²) in [5.41, 5.74) is 1.02. The number of hydrogen-bond donors (Lipinski definition) is 0. The van der Waals surface area contributed by atoms with Crippen LogP contribution in [0.5, 0.6) is 0 Å². The van der Waals surface area contributed by atoms with E-state index in [0.29, 0.717) is 13.3 Å². The lowest BCUT2D eigenvalue weighted by Crippen LogP contribution is -2.05. The van der Waals surface area contributed by atoms with Crippen LogP contribution in [0, 0.1) is 6.92 Å². The van der Waals surface area contributed by atoms with Crippen LogP contribution in [0.25, 0.3) is 0 Å². The summed E-state index contributed by atoms with van der Waals surface area (Å²) in [6.45, 7) is 5.10. The van der Waals surface area contributed by atoms with E-state index in [-0.39, 0.29) is 0 Å². The van der Waals surface area contributed by atoms with Gasteiger partial charge in [-0.2, -0.15) is 0 Å². The summed E-state index contributed by atoms with van der Waals surface area (Å²) >= 11 is 0. The van der Waals surface area contributed by atoms with Crippen molar-refractivity contribution in [1.82, 2.24) is 15.0 Å². The van der Waals surface area contributed by atoms with Crippen LogP contribution in [-0.4, -0.2) is 21.6 Å². The number of rotatable bonds is 3. The van der Waals surface area contributed by atoms with Gasteiger partial charge in [0.05, 0.1) is 11.9 Å². The Morgan fingerprint density at radius 1 is 1.70 bits per heavy atom. The third-order valence-corrected chi connectivity index (χ3v) is 1.23. The van der Waals surface area contributed by atoms with Crippen LogP contribution < -0.4 is 0 Å². The number of hydrogen-bond acceptors (Lipinski definition) is 3. The quantitative estimate of drug-likeness (QED) is 0.618. The van der Waals surface area contributed by atoms with Crippen molar-refractivity contribution in [3.8, 4) is 0 Å². The highest BCUT2D eigenvalue weighted by molar-refractivity contribution is 4.87. The summed E-state index contributed by atoms with van der Waals surface area (Å²) in [6.07, 6.45) is 1.71. The van der Waals surface area contributed by atoms with Crippen LogP contribution in [-0.2, 0) is 11.5 Å². The highest BCUT2D eigenvalue weighted by atomic mass is 16.5. The second kappa shape index (κ2) is 3.31. The van der Waals surface area contributed by atoms with Gasteiger partial charge in [-0.25, -0.2) is 4.68 Å². The van der Waals surface area contributed by atoms with Gasteiger partial charge in [0, 0.05) is 6.61 Å². The second-order valence-corrected chi connectivity index (χ2v) is 2.00. The van der Waals surface area contributed by atoms with E-state index in [0.717, 1.165) is 5.69 Å². The maximum Gasteiger partial charge on any atom is 0.141 e. The van der Waals surface area contributed by atoms with Gasteiger partial charge < -0.3 is 4.74 Å². The van der Waals surface area contributed by atoms with Crippen molar-refractivity contribution in [3.05, 3.63) is 11.9 Å². The maximum absolute atomic E-state index is 5.12. The first-order valence-electron chi connectivity index (χ1n) is 3.27. The normalized spacial score (nSPS) is 10.2. The average Bonchev–Trinajstić information content (AvgIpc) is 2.31. The Bertz CT molecular complexity index is 197. The Kier molecular flexibility index (Phi) is 2.39. The molecular weight excluding hydrogens is 130 g/mol. The Morgan fingerprint density at radius 2 is 2.50 bits per heavy atom. The molecule has 1 aromatic rings. The van der Waals surface area contributed by atoms with Crippen molar-refractivity contribution in [2.24, 2.45) is 0 Å². The predicted octanol–water partition coefficient (Wildman–Crippen LogP) is 0.581. The monoisotopic (exact) mass is 141 g/mol. The molecule has 10 heavy (non-hydrogen) atoms. The van der Waals surface area contributed by atoms with E-state index in [1.54, 1.807) is 10.9 Å². The lowest BCUT2D eigenvalue weighted by Gasteiger charge is -2.00. The van der Waals surface area contributed by atoms with E-state index in [4.69, 9.17) is 4.74 Å². The van der Waals surface area contributed by atoms with Crippen LogP contribution in [0.15, 0.2) is 6.20 Å². The number of aryl methyl sites for hydroxylation is 1. The molecule has 0 bridgehead atoms. The van der Waals surface area contributed by atoms with Gasteiger partial charge >= 0.3 is 0 Å². The van der Waals surface area contributed by atoms with E-state index in [1.807, 2.05) is 13.8 Å². The van der Waals surface area contributed by atoms with Crippen LogP contribution in [0.3, 0.4) is 0 Å². The fraction of sp³-hybridized carbons (Fsp3) is 0.667. The topological polar surface area (TPSA) is 39.9 Å². The first-order chi connectivity index (χ1) is 4.84. The summed E-state index contributed by atoms with van der Waals surface area (Å²) in [6, 6.07) is 0. The molecule has 56 valence electrons. The second-order valence-electron chi connectivity index (χ2n) is 2.00. The van der Waals surface area contributed by atoms with Gasteiger partial charge in [0.25, 0.3) is 0 Å². The highest BCUT2D eigenvalue weighted by Gasteiger charge is 1.94. The zero-order valence-electron chi connectivity index (χ0n) is 6.24. The molecule has 0 spiro atoms. The Hall–Kier alpha value is -0.900. The third kappa shape index (κ3) is 1.54. The smallest absolute Gasteiger partial charge is 0.141 e. The van der Waals surface area contributed by atoms with Gasteiger partial charge in [-0.05, 0) is 13.8 Å². The Balaban J connectivity index is 2.49. The average molecular weight is 141 g/mol. The molecule has 1 rings (SSSR count). The first-order valence-corrected chi connectivity index (χ1v) is 3.27. The lowest BCUT2D eigenvalue weighted by molar-refractivity contribution is 0.0764. The molecule has 1 aromatic heterocycles. The van der Waals surface area contributed by atoms with E-state index < -0.39 is 0 Å². The predicted molar refractivity (Wildman–Crippen MR) is 36.4 cm³/mol. The molecule has 0 fully saturated rings. The molecule has 0 saturated carbocycles. The lowest BCUT2D eigenvalue weighted by atomic mass is 10.5. The van der Waals surface area contributed by atoms with Crippen molar-refractivity contribution in [1.29, 1.82) is 0 Å². The molecule has 4 heteroatoms. The molecule has 0 atom stereocenters. The minimum absolute atomic E-state index is 0.502. The van der Waals surface area contributed by atoms with Gasteiger partial charge in [0.1, 0.15) is 6.73 Å². The van der Waals surface area contributed by atoms with Crippen molar-refractivity contribution >= 4 is 0 Å². The van der Waals surface area contributed by atoms with E-state index in [1.165, 1.54) is 0 Å². The maximum atomic E-state index is 5.12. The Morgan fingerprint density at radius 3 is 3.00 bits per heavy atom. The fourth-order valence-electron chi connectivity index (χ4n) is 0.614. The molecule has 0 amide bonds. The molecule has 0 saturated heterocycles. The molecule has 0 aromatic carbocycles. The summed E-state index contributed by atoms with van der Waals surface area (Å²) in [4.78, 5) is 0. The van der Waals surface area contributed by atoms with E-state index in [9.17, 15) is 0 Å². The molecule has 0 unspecified atom stereocenters. The van der Waals surface area contributed by atoms with Crippen LogP contribution in [0.4, 0.5) is 0 Å². The molecule has 0 aliphatic heterocycles. The van der Waals surface area contributed by atoms with Gasteiger partial charge in [-0.3, -0.25) is 0 Å². The number of ether oxygens (including phenoxy) is 1. The summed E-state index contributed by atoms with van der Waals surface area (Å²) in [5.74, 6) is 0. The van der Waals surface area contributed by atoms with Crippen molar-refractivity contribution < 1.29 is 4.74 Å². The number of nitrogens with zero attached hydrogens (tertiary/aromatic N) is 3. The summed E-state index contributed by atoms with van der Waals surface area (Å²) in [7, 11) is 0. The summed E-state index contributed by atoms with van der Waals surface area (Å²) < 4.78 is 6.83. The van der Waals surface area contributed by atoms with Gasteiger partial charge in [-0.15, -0.1) is 5.10 Å². The van der Waals surface area contributed by atoms with Crippen molar-refractivity contribution in [2.45, 2.75) is 20.6 Å². The summed E-state index contributed by atoms with van der Waals surface area (Å²) in [5, 5.41) is 7.50. The Labute approximate surface area is 59.8 Å². The molecule has 0 aliphatic carbocycles. The van der Waals surface area contributed by atoms with Gasteiger partial charge in [-0.1, -0.05) is 5.21 Å². The van der Waals surface area contributed by atoms with E-state index in [2.05, 4.69) is 10.3 Å². The third-order valence-electron chi connectivity index (χ3n) is 1.23. The van der Waals surface area contributed by atoms with Crippen molar-refractivity contribution in [3.63, 3.8) is 0 Å². The minimum atomic E-state index is 0.502. The molecule has 0 aliphatic rings. The molecule has 1 heterocycles. The van der Waals surface area contributed by atoms with Crippen LogP contribution in [0.2, 0.25) is 0 Å². The zero-order chi connectivity index (χ0) is 7.40. The van der Waals surface area contributed by atoms with Crippen molar-refractivity contribution in [2.75, 3.05) is 6.61 Å². The zero-order valence-corrected chi connectivity index (χ0v) is 6.24. The highest BCUT2D eigenvalue weighted by Crippen LogP contribution is 1.92. The van der Waals surface area contributed by atoms with Crippen LogP contribution >= 0.6 is 0 Å². The molecule has 0 radical (unpaired) electrons.